The summed E-state index contributed by atoms with van der Waals surface area (Å²) in [4.78, 5) is 12.8. The zero-order valence-electron chi connectivity index (χ0n) is 16.6. The van der Waals surface area contributed by atoms with Crippen LogP contribution >= 0.6 is 11.8 Å². The third kappa shape index (κ3) is 4.20. The molecule has 31 heavy (non-hydrogen) atoms. The Balaban J connectivity index is 1.37. The minimum Gasteiger partial charge on any atom is -0.486 e. The molecule has 0 spiro atoms. The third-order valence-electron chi connectivity index (χ3n) is 4.84. The number of furan rings is 1. The van der Waals surface area contributed by atoms with Crippen LogP contribution in [0.2, 0.25) is 0 Å². The van der Waals surface area contributed by atoms with Gasteiger partial charge in [0.2, 0.25) is 5.82 Å². The van der Waals surface area contributed by atoms with Crippen molar-refractivity contribution in [1.29, 1.82) is 0 Å². The van der Waals surface area contributed by atoms with Gasteiger partial charge in [-0.05, 0) is 35.9 Å². The number of fused-ring (bicyclic) bond motifs is 1. The summed E-state index contributed by atoms with van der Waals surface area (Å²) in [6.07, 6.45) is 1.61. The van der Waals surface area contributed by atoms with Crippen LogP contribution in [0.3, 0.4) is 0 Å². The van der Waals surface area contributed by atoms with Crippen molar-refractivity contribution >= 4 is 17.5 Å². The number of carbonyl (C=O) groups is 1. The summed E-state index contributed by atoms with van der Waals surface area (Å²) in [6, 6.07) is 19.0. The van der Waals surface area contributed by atoms with Crippen molar-refractivity contribution in [2.45, 2.75) is 11.7 Å². The average molecular weight is 433 g/mol. The molecule has 3 heterocycles. The Morgan fingerprint density at radius 1 is 0.968 bits per heavy atom. The minimum atomic E-state index is -0.0178. The maximum absolute atomic E-state index is 12.8. The van der Waals surface area contributed by atoms with Gasteiger partial charge in [-0.2, -0.15) is 0 Å². The molecule has 0 radical (unpaired) electrons. The van der Waals surface area contributed by atoms with E-state index in [0.717, 1.165) is 5.56 Å². The van der Waals surface area contributed by atoms with E-state index in [9.17, 15) is 4.79 Å². The lowest BCUT2D eigenvalue weighted by atomic mass is 10.1. The number of hydrogen-bond donors (Lipinski definition) is 0. The first-order chi connectivity index (χ1) is 15.3. The Labute approximate surface area is 183 Å². The van der Waals surface area contributed by atoms with Crippen LogP contribution in [0, 0.1) is 0 Å². The molecule has 0 fully saturated rings. The van der Waals surface area contributed by atoms with E-state index < -0.39 is 0 Å². The summed E-state index contributed by atoms with van der Waals surface area (Å²) in [6.45, 7) is 1.58. The second-order valence-corrected chi connectivity index (χ2v) is 7.87. The fraction of sp³-hybridized carbons (Fsp3) is 0.174. The number of ketones is 1. The quantitative estimate of drug-likeness (QED) is 0.317. The predicted molar refractivity (Wildman–Crippen MR) is 116 cm³/mol. The minimum absolute atomic E-state index is 0.0178. The molecule has 0 N–H and O–H groups in total. The first kappa shape index (κ1) is 19.4. The number of nitrogens with zero attached hydrogens (tertiary/aromatic N) is 3. The van der Waals surface area contributed by atoms with Crippen molar-refractivity contribution in [3.05, 3.63) is 78.1 Å². The number of aromatic nitrogens is 3. The molecule has 0 bridgehead atoms. The first-order valence-electron chi connectivity index (χ1n) is 9.84. The molecule has 2 aromatic carbocycles. The van der Waals surface area contributed by atoms with Crippen LogP contribution in [0.4, 0.5) is 0 Å². The lowest BCUT2D eigenvalue weighted by Crippen LogP contribution is -2.16. The molecule has 0 amide bonds. The van der Waals surface area contributed by atoms with Crippen LogP contribution in [0.15, 0.2) is 76.5 Å². The Kier molecular flexibility index (Phi) is 5.45. The van der Waals surface area contributed by atoms with Gasteiger partial charge in [0.05, 0.1) is 18.6 Å². The molecule has 0 atom stereocenters. The number of Topliss-reactive ketones (excluding diaryl/α,β-unsaturated/α-hetero) is 1. The summed E-state index contributed by atoms with van der Waals surface area (Å²) in [5.74, 6) is 2.74. The van der Waals surface area contributed by atoms with Gasteiger partial charge < -0.3 is 13.9 Å². The van der Waals surface area contributed by atoms with Crippen molar-refractivity contribution < 1.29 is 18.7 Å². The van der Waals surface area contributed by atoms with Gasteiger partial charge in [-0.3, -0.25) is 9.36 Å². The molecule has 8 heteroatoms. The summed E-state index contributed by atoms with van der Waals surface area (Å²) < 4.78 is 18.6. The van der Waals surface area contributed by atoms with Gasteiger partial charge in [-0.1, -0.05) is 42.1 Å². The first-order valence-corrected chi connectivity index (χ1v) is 10.8. The van der Waals surface area contributed by atoms with Crippen molar-refractivity contribution in [3.8, 4) is 23.1 Å². The maximum atomic E-state index is 12.8. The molecule has 1 aliphatic rings. The fourth-order valence-electron chi connectivity index (χ4n) is 3.32. The molecule has 2 aromatic heterocycles. The van der Waals surface area contributed by atoms with E-state index in [-0.39, 0.29) is 11.5 Å². The van der Waals surface area contributed by atoms with Crippen LogP contribution in [-0.4, -0.2) is 39.5 Å². The normalized spacial score (nSPS) is 12.6. The topological polar surface area (TPSA) is 79.4 Å². The van der Waals surface area contributed by atoms with Gasteiger partial charge >= 0.3 is 0 Å². The standard InChI is InChI=1S/C23H19N3O4S/c27-18(17-8-9-19-21(13-17)30-12-11-29-19)15-31-23-25-24-22(20-7-4-10-28-20)26(23)14-16-5-2-1-3-6-16/h1-10,13H,11-12,14-15H2. The zero-order chi connectivity index (χ0) is 21.0. The van der Waals surface area contributed by atoms with E-state index in [2.05, 4.69) is 10.2 Å². The van der Waals surface area contributed by atoms with Gasteiger partial charge in [0.15, 0.2) is 28.2 Å². The molecule has 4 aromatic rings. The van der Waals surface area contributed by atoms with Gasteiger partial charge in [-0.25, -0.2) is 0 Å². The smallest absolute Gasteiger partial charge is 0.200 e. The van der Waals surface area contributed by atoms with Gasteiger partial charge in [-0.15, -0.1) is 10.2 Å². The van der Waals surface area contributed by atoms with Crippen molar-refractivity contribution in [2.75, 3.05) is 19.0 Å². The van der Waals surface area contributed by atoms with E-state index >= 15 is 0 Å². The van der Waals surface area contributed by atoms with Crippen molar-refractivity contribution in [1.82, 2.24) is 14.8 Å². The largest absolute Gasteiger partial charge is 0.486 e. The number of benzene rings is 2. The highest BCUT2D eigenvalue weighted by Gasteiger charge is 2.19. The van der Waals surface area contributed by atoms with E-state index in [1.807, 2.05) is 47.0 Å². The Hall–Kier alpha value is -3.52. The highest BCUT2D eigenvalue weighted by Crippen LogP contribution is 2.32. The van der Waals surface area contributed by atoms with Crippen LogP contribution in [0.5, 0.6) is 11.5 Å². The van der Waals surface area contributed by atoms with E-state index in [1.54, 1.807) is 24.5 Å². The SMILES string of the molecule is O=C(CSc1nnc(-c2ccco2)n1Cc1ccccc1)c1ccc2c(c1)OCCO2. The molecule has 1 aliphatic heterocycles. The van der Waals surface area contributed by atoms with Crippen LogP contribution in [-0.2, 0) is 6.54 Å². The van der Waals surface area contributed by atoms with E-state index in [1.165, 1.54) is 11.8 Å². The highest BCUT2D eigenvalue weighted by atomic mass is 32.2. The molecule has 0 saturated carbocycles. The second-order valence-electron chi connectivity index (χ2n) is 6.93. The van der Waals surface area contributed by atoms with E-state index in [0.29, 0.717) is 53.6 Å². The Morgan fingerprint density at radius 2 is 1.81 bits per heavy atom. The zero-order valence-corrected chi connectivity index (χ0v) is 17.4. The molecule has 0 saturated heterocycles. The fourth-order valence-corrected chi connectivity index (χ4v) is 4.15. The van der Waals surface area contributed by atoms with Gasteiger partial charge in [0.25, 0.3) is 0 Å². The molecule has 7 nitrogen and oxygen atoms in total. The number of ether oxygens (including phenoxy) is 2. The maximum Gasteiger partial charge on any atom is 0.200 e. The monoisotopic (exact) mass is 433 g/mol. The second kappa shape index (κ2) is 8.69. The van der Waals surface area contributed by atoms with Crippen molar-refractivity contribution in [3.63, 3.8) is 0 Å². The highest BCUT2D eigenvalue weighted by molar-refractivity contribution is 7.99. The summed E-state index contributed by atoms with van der Waals surface area (Å²) in [7, 11) is 0. The van der Waals surface area contributed by atoms with Gasteiger partial charge in [0.1, 0.15) is 13.2 Å². The number of rotatable bonds is 7. The summed E-state index contributed by atoms with van der Waals surface area (Å²) in [5, 5.41) is 9.29. The number of thioether (sulfide) groups is 1. The molecule has 0 unspecified atom stereocenters. The van der Waals surface area contributed by atoms with Crippen LogP contribution in [0.1, 0.15) is 15.9 Å². The molecular formula is C23H19N3O4S. The average Bonchev–Trinajstić information content (AvgIpc) is 3.48. The predicted octanol–water partition coefficient (Wildman–Crippen LogP) is 4.33. The molecular weight excluding hydrogens is 414 g/mol. The lowest BCUT2D eigenvalue weighted by Gasteiger charge is -2.18. The van der Waals surface area contributed by atoms with Gasteiger partial charge in [0, 0.05) is 5.56 Å². The summed E-state index contributed by atoms with van der Waals surface area (Å²) in [5.41, 5.74) is 1.69. The van der Waals surface area contributed by atoms with E-state index in [4.69, 9.17) is 13.9 Å². The Bertz CT molecular complexity index is 1190. The van der Waals surface area contributed by atoms with Crippen molar-refractivity contribution in [2.24, 2.45) is 0 Å². The number of hydrogen-bond acceptors (Lipinski definition) is 7. The van der Waals surface area contributed by atoms with Crippen LogP contribution in [0.25, 0.3) is 11.6 Å². The molecule has 0 aliphatic carbocycles. The Morgan fingerprint density at radius 3 is 2.61 bits per heavy atom. The lowest BCUT2D eigenvalue weighted by molar-refractivity contribution is 0.102. The molecule has 5 rings (SSSR count). The molecule has 156 valence electrons. The van der Waals surface area contributed by atoms with Crippen LogP contribution < -0.4 is 9.47 Å². The number of carbonyl (C=O) groups excluding carboxylic acids is 1. The third-order valence-corrected chi connectivity index (χ3v) is 5.81. The summed E-state index contributed by atoms with van der Waals surface area (Å²) >= 11 is 1.35.